The number of carbonyl (C=O) groups is 2. The Balaban J connectivity index is 1.70. The van der Waals surface area contributed by atoms with Crippen molar-refractivity contribution in [1.29, 1.82) is 0 Å². The Bertz CT molecular complexity index is 1330. The van der Waals surface area contributed by atoms with Crippen molar-refractivity contribution in [3.05, 3.63) is 91.3 Å². The summed E-state index contributed by atoms with van der Waals surface area (Å²) in [5.74, 6) is -1.15. The number of para-hydroxylation sites is 1. The van der Waals surface area contributed by atoms with E-state index in [4.69, 9.17) is 4.74 Å². The number of hydrogen-bond donors (Lipinski definition) is 1. The van der Waals surface area contributed by atoms with Crippen LogP contribution in [-0.2, 0) is 4.79 Å². The van der Waals surface area contributed by atoms with Gasteiger partial charge in [0.25, 0.3) is 11.6 Å². The number of rotatable bonds is 8. The summed E-state index contributed by atoms with van der Waals surface area (Å²) in [6, 6.07) is 10.5. The summed E-state index contributed by atoms with van der Waals surface area (Å²) < 4.78 is 6.62. The summed E-state index contributed by atoms with van der Waals surface area (Å²) >= 11 is 0. The fraction of sp³-hybridized carbons (Fsp3) is 0.182. The van der Waals surface area contributed by atoms with E-state index in [-0.39, 0.29) is 34.1 Å². The summed E-state index contributed by atoms with van der Waals surface area (Å²) in [4.78, 5) is 45.7. The molecular weight excluding hydrogens is 460 g/mol. The van der Waals surface area contributed by atoms with Gasteiger partial charge in [0.05, 0.1) is 21.6 Å². The predicted octanol–water partition coefficient (Wildman–Crippen LogP) is 3.25. The Labute approximate surface area is 198 Å². The zero-order chi connectivity index (χ0) is 25.7. The average molecular weight is 480 g/mol. The van der Waals surface area contributed by atoms with Gasteiger partial charge in [0.15, 0.2) is 0 Å². The van der Waals surface area contributed by atoms with Crippen LogP contribution in [0, 0.1) is 34.1 Å². The number of carbonyl (C=O) groups excluding carboxylic acids is 2. The van der Waals surface area contributed by atoms with Crippen molar-refractivity contribution in [3.63, 3.8) is 0 Å². The lowest BCUT2D eigenvalue weighted by molar-refractivity contribution is -0.386. The molecule has 0 bridgehead atoms. The minimum absolute atomic E-state index is 0.114. The Morgan fingerprint density at radius 1 is 1.09 bits per heavy atom. The van der Waals surface area contributed by atoms with Gasteiger partial charge in [0.2, 0.25) is 0 Å². The van der Waals surface area contributed by atoms with Crippen molar-refractivity contribution < 1.29 is 24.2 Å². The van der Waals surface area contributed by atoms with E-state index < -0.39 is 27.8 Å². The van der Waals surface area contributed by atoms with Gasteiger partial charge in [0, 0.05) is 17.7 Å². The molecule has 0 aliphatic heterocycles. The molecule has 13 nitrogen and oxygen atoms in total. The molecule has 1 heterocycles. The van der Waals surface area contributed by atoms with Crippen LogP contribution < -0.4 is 10.2 Å². The van der Waals surface area contributed by atoms with Crippen molar-refractivity contribution >= 4 is 29.5 Å². The number of amides is 1. The molecule has 0 radical (unpaired) electrons. The molecule has 0 aliphatic rings. The Kier molecular flexibility index (Phi) is 7.29. The topological polar surface area (TPSA) is 172 Å². The predicted molar refractivity (Wildman–Crippen MR) is 123 cm³/mol. The van der Waals surface area contributed by atoms with Crippen molar-refractivity contribution in [2.24, 2.45) is 5.10 Å². The number of non-ortho nitro benzene ring substituents is 1. The normalized spacial score (nSPS) is 11.7. The molecule has 2 aromatic carbocycles. The smallest absolute Gasteiger partial charge is 0.343 e. The molecule has 180 valence electrons. The fourth-order valence-corrected chi connectivity index (χ4v) is 3.22. The lowest BCUT2D eigenvalue weighted by atomic mass is 10.2. The lowest BCUT2D eigenvalue weighted by Crippen LogP contribution is -2.28. The van der Waals surface area contributed by atoms with E-state index in [2.05, 4.69) is 15.6 Å². The van der Waals surface area contributed by atoms with Crippen LogP contribution in [0.4, 0.5) is 11.4 Å². The highest BCUT2D eigenvalue weighted by Gasteiger charge is 2.27. The molecule has 0 spiro atoms. The van der Waals surface area contributed by atoms with Crippen LogP contribution in [-0.4, -0.2) is 37.7 Å². The summed E-state index contributed by atoms with van der Waals surface area (Å²) in [6.45, 7) is 4.51. The van der Waals surface area contributed by atoms with Gasteiger partial charge in [-0.05, 0) is 45.0 Å². The highest BCUT2D eigenvalue weighted by molar-refractivity contribution is 5.93. The summed E-state index contributed by atoms with van der Waals surface area (Å²) in [5.41, 5.74) is 2.94. The van der Waals surface area contributed by atoms with E-state index in [0.29, 0.717) is 5.56 Å². The number of ether oxygens (including phenoxy) is 1. The van der Waals surface area contributed by atoms with E-state index in [0.717, 1.165) is 0 Å². The van der Waals surface area contributed by atoms with Gasteiger partial charge in [-0.2, -0.15) is 10.2 Å². The summed E-state index contributed by atoms with van der Waals surface area (Å²) in [5, 5.41) is 29.9. The molecule has 0 saturated carbocycles. The van der Waals surface area contributed by atoms with Gasteiger partial charge in [-0.3, -0.25) is 29.7 Å². The highest BCUT2D eigenvalue weighted by atomic mass is 16.6. The van der Waals surface area contributed by atoms with Crippen LogP contribution in [0.3, 0.4) is 0 Å². The Morgan fingerprint density at radius 2 is 1.74 bits per heavy atom. The third-order valence-corrected chi connectivity index (χ3v) is 5.03. The first kappa shape index (κ1) is 24.7. The summed E-state index contributed by atoms with van der Waals surface area (Å²) in [7, 11) is 0. The molecule has 1 aromatic heterocycles. The quantitative estimate of drug-likeness (QED) is 0.168. The van der Waals surface area contributed by atoms with Crippen molar-refractivity contribution in [2.75, 3.05) is 0 Å². The van der Waals surface area contributed by atoms with Crippen LogP contribution >= 0.6 is 0 Å². The highest BCUT2D eigenvalue weighted by Crippen LogP contribution is 2.24. The van der Waals surface area contributed by atoms with E-state index in [1.165, 1.54) is 62.0 Å². The second-order valence-corrected chi connectivity index (χ2v) is 7.36. The number of benzene rings is 2. The fourth-order valence-electron chi connectivity index (χ4n) is 3.22. The molecule has 3 rings (SSSR count). The number of nitro benzene ring substituents is 1. The molecule has 13 heteroatoms. The molecule has 0 aliphatic carbocycles. The van der Waals surface area contributed by atoms with Gasteiger partial charge < -0.3 is 4.74 Å². The summed E-state index contributed by atoms with van der Waals surface area (Å²) in [6.07, 6.45) is 1.27. The maximum atomic E-state index is 12.5. The second-order valence-electron chi connectivity index (χ2n) is 7.36. The molecule has 3 aromatic rings. The van der Waals surface area contributed by atoms with Crippen LogP contribution in [0.5, 0.6) is 5.75 Å². The van der Waals surface area contributed by atoms with E-state index in [1.54, 1.807) is 18.2 Å². The number of esters is 1. The van der Waals surface area contributed by atoms with Gasteiger partial charge in [-0.25, -0.2) is 10.2 Å². The maximum absolute atomic E-state index is 12.5. The molecule has 35 heavy (non-hydrogen) atoms. The van der Waals surface area contributed by atoms with Gasteiger partial charge >= 0.3 is 11.7 Å². The van der Waals surface area contributed by atoms with Gasteiger partial charge in [-0.1, -0.05) is 12.1 Å². The third kappa shape index (κ3) is 5.52. The van der Waals surface area contributed by atoms with Crippen LogP contribution in [0.25, 0.3) is 0 Å². The number of hydrazone groups is 1. The largest absolute Gasteiger partial charge is 0.422 e. The number of nitrogens with one attached hydrogen (secondary N) is 1. The molecule has 1 atom stereocenters. The number of aromatic nitrogens is 2. The number of aryl methyl sites for hydroxylation is 1. The third-order valence-electron chi connectivity index (χ3n) is 5.03. The van der Waals surface area contributed by atoms with Gasteiger partial charge in [0.1, 0.15) is 23.2 Å². The van der Waals surface area contributed by atoms with Crippen molar-refractivity contribution in [1.82, 2.24) is 15.2 Å². The first-order chi connectivity index (χ1) is 16.6. The first-order valence-corrected chi connectivity index (χ1v) is 10.2. The second kappa shape index (κ2) is 10.3. The molecule has 1 amide bonds. The van der Waals surface area contributed by atoms with E-state index in [9.17, 15) is 29.8 Å². The molecule has 1 N–H and O–H groups in total. The zero-order valence-corrected chi connectivity index (χ0v) is 18.9. The number of nitro groups is 2. The van der Waals surface area contributed by atoms with E-state index in [1.807, 2.05) is 0 Å². The first-order valence-electron chi connectivity index (χ1n) is 10.2. The zero-order valence-electron chi connectivity index (χ0n) is 18.9. The van der Waals surface area contributed by atoms with Gasteiger partial charge in [-0.15, -0.1) is 0 Å². The molecule has 0 saturated heterocycles. The molecule has 1 unspecified atom stereocenters. The van der Waals surface area contributed by atoms with E-state index >= 15 is 0 Å². The lowest BCUT2D eigenvalue weighted by Gasteiger charge is -2.11. The minimum atomic E-state index is -0.880. The number of nitrogens with zero attached hydrogens (tertiary/aromatic N) is 5. The Morgan fingerprint density at radius 3 is 2.34 bits per heavy atom. The van der Waals surface area contributed by atoms with Crippen molar-refractivity contribution in [2.45, 2.75) is 26.8 Å². The average Bonchev–Trinajstić information content (AvgIpc) is 3.13. The van der Waals surface area contributed by atoms with Crippen molar-refractivity contribution in [3.8, 4) is 5.75 Å². The SMILES string of the molecule is Cc1nn(C(C)C(=O)NN=Cc2ccccc2OC(=O)c2ccc([N+](=O)[O-])cc2)c(C)c1[N+](=O)[O-]. The Hall–Kier alpha value is -4.94. The molecule has 0 fully saturated rings. The van der Waals surface area contributed by atoms with Crippen LogP contribution in [0.15, 0.2) is 53.6 Å². The van der Waals surface area contributed by atoms with Crippen LogP contribution in [0.2, 0.25) is 0 Å². The minimum Gasteiger partial charge on any atom is -0.422 e. The number of hydrogen-bond acceptors (Lipinski definition) is 9. The molecular formula is C22H20N6O7. The maximum Gasteiger partial charge on any atom is 0.343 e. The van der Waals surface area contributed by atoms with Crippen LogP contribution in [0.1, 0.15) is 40.3 Å². The monoisotopic (exact) mass is 480 g/mol. The standard InChI is InChI=1S/C22H20N6O7/c1-13-20(28(33)34)14(2)26(25-13)15(3)21(29)24-23-12-17-6-4-5-7-19(17)35-22(30)16-8-10-18(11-9-16)27(31)32/h4-12,15H,1-3H3,(H,24,29).